The largest absolute Gasteiger partial charge is 0.456 e. The molecule has 3 rings (SSSR count). The average Bonchev–Trinajstić information content (AvgIpc) is 3.12. The second-order valence-corrected chi connectivity index (χ2v) is 9.97. The topological polar surface area (TPSA) is 76.4 Å². The summed E-state index contributed by atoms with van der Waals surface area (Å²) < 4.78 is 123. The summed E-state index contributed by atoms with van der Waals surface area (Å²) in [5, 5.41) is -0.577. The Labute approximate surface area is 183 Å². The van der Waals surface area contributed by atoms with E-state index in [9.17, 15) is 39.6 Å². The van der Waals surface area contributed by atoms with Gasteiger partial charge < -0.3 is 9.73 Å². The van der Waals surface area contributed by atoms with E-state index in [0.717, 1.165) is 18.2 Å². The molecule has 1 heterocycles. The number of alkyl halides is 7. The van der Waals surface area contributed by atoms with Gasteiger partial charge in [0.2, 0.25) is 20.6 Å². The molecule has 1 aromatic carbocycles. The van der Waals surface area contributed by atoms with Crippen molar-refractivity contribution in [2.24, 2.45) is 0 Å². The molecule has 0 aliphatic heterocycles. The van der Waals surface area contributed by atoms with Crippen molar-refractivity contribution >= 4 is 15.7 Å². The van der Waals surface area contributed by atoms with Crippen LogP contribution in [-0.2, 0) is 22.2 Å². The quantitative estimate of drug-likeness (QED) is 0.567. The predicted molar refractivity (Wildman–Crippen MR) is 101 cm³/mol. The molecule has 33 heavy (non-hydrogen) atoms. The Morgan fingerprint density at radius 2 is 1.67 bits per heavy atom. The maximum absolute atomic E-state index is 15.4. The van der Waals surface area contributed by atoms with Crippen molar-refractivity contribution in [3.8, 4) is 0 Å². The van der Waals surface area contributed by atoms with Gasteiger partial charge in [-0.3, -0.25) is 4.79 Å². The molecule has 0 spiro atoms. The minimum absolute atomic E-state index is 0.147. The summed E-state index contributed by atoms with van der Waals surface area (Å²) in [4.78, 5) is 11.5. The summed E-state index contributed by atoms with van der Waals surface area (Å²) in [6.45, 7) is 1.22. The number of furan rings is 1. The summed E-state index contributed by atoms with van der Waals surface area (Å²) in [6, 6.07) is 2.79. The maximum Gasteiger partial charge on any atom is 0.450 e. The smallest absolute Gasteiger partial charge is 0.450 e. The van der Waals surface area contributed by atoms with E-state index in [2.05, 4.69) is 9.73 Å². The number of hydrogen-bond donors (Lipinski definition) is 1. The fourth-order valence-electron chi connectivity index (χ4n) is 3.67. The van der Waals surface area contributed by atoms with Crippen molar-refractivity contribution in [1.29, 1.82) is 0 Å². The number of halogens is 7. The van der Waals surface area contributed by atoms with E-state index in [4.69, 9.17) is 0 Å². The Hall–Kier alpha value is -2.57. The molecule has 1 aliphatic rings. The Bertz CT molecular complexity index is 1140. The lowest BCUT2D eigenvalue weighted by Crippen LogP contribution is -2.45. The summed E-state index contributed by atoms with van der Waals surface area (Å²) >= 11 is 0. The maximum atomic E-state index is 15.4. The number of rotatable bonds is 4. The van der Waals surface area contributed by atoms with Crippen LogP contribution in [0.4, 0.5) is 30.7 Å². The normalized spacial score (nSPS) is 22.2. The molecule has 2 aromatic rings. The lowest BCUT2D eigenvalue weighted by molar-refractivity contribution is -0.153. The first-order valence-corrected chi connectivity index (χ1v) is 11.1. The third-order valence-corrected chi connectivity index (χ3v) is 7.62. The zero-order valence-electron chi connectivity index (χ0n) is 17.0. The lowest BCUT2D eigenvalue weighted by Gasteiger charge is -2.34. The highest BCUT2D eigenvalue weighted by Crippen LogP contribution is 2.42. The monoisotopic (exact) mass is 501 g/mol. The van der Waals surface area contributed by atoms with Crippen LogP contribution in [-0.4, -0.2) is 25.4 Å². The number of hydrogen-bond acceptors (Lipinski definition) is 4. The van der Waals surface area contributed by atoms with Crippen molar-refractivity contribution in [3.63, 3.8) is 0 Å². The van der Waals surface area contributed by atoms with Gasteiger partial charge in [0.1, 0.15) is 5.76 Å². The van der Waals surface area contributed by atoms with E-state index in [-0.39, 0.29) is 18.6 Å². The molecule has 0 radical (unpaired) electrons. The van der Waals surface area contributed by atoms with Crippen molar-refractivity contribution in [1.82, 2.24) is 5.32 Å². The average molecular weight is 501 g/mol. The van der Waals surface area contributed by atoms with Gasteiger partial charge in [-0.1, -0.05) is 6.07 Å². The van der Waals surface area contributed by atoms with Crippen molar-refractivity contribution < 1.29 is 48.4 Å². The van der Waals surface area contributed by atoms with E-state index in [1.807, 2.05) is 0 Å². The number of benzene rings is 1. The Kier molecular flexibility index (Phi) is 6.33. The van der Waals surface area contributed by atoms with Gasteiger partial charge >= 0.3 is 12.4 Å². The van der Waals surface area contributed by atoms with E-state index in [1.165, 1.54) is 6.92 Å². The molecule has 1 N–H and O–H groups in total. The number of carbonyl (C=O) groups excluding carboxylic acids is 1. The van der Waals surface area contributed by atoms with Crippen LogP contribution in [0.25, 0.3) is 0 Å². The predicted octanol–water partition coefficient (Wildman–Crippen LogP) is 5.44. The SMILES string of the molecule is Cc1cc(C(=O)NC2CCC(F)(S(=O)(=O)c3cccc(C(F)(F)F)c3)CC2)c(C(F)(F)F)o1. The van der Waals surface area contributed by atoms with Gasteiger partial charge in [0.25, 0.3) is 5.91 Å². The molecule has 13 heteroatoms. The first-order valence-electron chi connectivity index (χ1n) is 9.64. The Balaban J connectivity index is 1.73. The molecule has 182 valence electrons. The zero-order chi connectivity index (χ0) is 24.8. The van der Waals surface area contributed by atoms with Crippen LogP contribution in [0.5, 0.6) is 0 Å². The summed E-state index contributed by atoms with van der Waals surface area (Å²) in [5.41, 5.74) is -2.00. The second kappa shape index (κ2) is 8.33. The van der Waals surface area contributed by atoms with Crippen LogP contribution >= 0.6 is 0 Å². The van der Waals surface area contributed by atoms with E-state index in [0.29, 0.717) is 12.1 Å². The van der Waals surface area contributed by atoms with Crippen LogP contribution in [0.1, 0.15) is 53.1 Å². The van der Waals surface area contributed by atoms with Gasteiger partial charge in [0.15, 0.2) is 0 Å². The fraction of sp³-hybridized carbons (Fsp3) is 0.450. The second-order valence-electron chi connectivity index (χ2n) is 7.76. The molecule has 1 aliphatic carbocycles. The molecule has 1 aromatic heterocycles. The summed E-state index contributed by atoms with van der Waals surface area (Å²) in [7, 11) is -4.81. The fourth-order valence-corrected chi connectivity index (χ4v) is 5.40. The number of aryl methyl sites for hydroxylation is 1. The van der Waals surface area contributed by atoms with Crippen LogP contribution in [0, 0.1) is 6.92 Å². The lowest BCUT2D eigenvalue weighted by atomic mass is 9.93. The number of nitrogens with one attached hydrogen (secondary N) is 1. The highest BCUT2D eigenvalue weighted by atomic mass is 32.2. The third-order valence-electron chi connectivity index (χ3n) is 5.38. The molecule has 1 saturated carbocycles. The van der Waals surface area contributed by atoms with Gasteiger partial charge in [-0.05, 0) is 56.9 Å². The first kappa shape index (κ1) is 25.1. The van der Waals surface area contributed by atoms with E-state index < -0.39 is 73.8 Å². The molecule has 0 saturated heterocycles. The molecule has 1 amide bonds. The number of carbonyl (C=O) groups is 1. The Morgan fingerprint density at radius 1 is 1.06 bits per heavy atom. The van der Waals surface area contributed by atoms with Gasteiger partial charge in [-0.25, -0.2) is 12.8 Å². The van der Waals surface area contributed by atoms with Gasteiger partial charge in [-0.2, -0.15) is 26.3 Å². The highest BCUT2D eigenvalue weighted by molar-refractivity contribution is 7.92. The number of amides is 1. The number of sulfone groups is 1. The van der Waals surface area contributed by atoms with Crippen molar-refractivity contribution in [2.75, 3.05) is 0 Å². The molecule has 0 bridgehead atoms. The standard InChI is InChI=1S/C20H18F7NO4S/c1-11-9-15(16(32-11)20(25,26)27)17(29)28-13-5-7-18(21,8-6-13)33(30,31)14-4-2-3-12(10-14)19(22,23)24/h2-4,9-10,13H,5-8H2,1H3,(H,28,29). The van der Waals surface area contributed by atoms with Crippen molar-refractivity contribution in [3.05, 3.63) is 53.0 Å². The highest BCUT2D eigenvalue weighted by Gasteiger charge is 2.49. The molecule has 5 nitrogen and oxygen atoms in total. The van der Waals surface area contributed by atoms with E-state index >= 15 is 4.39 Å². The van der Waals surface area contributed by atoms with Crippen LogP contribution in [0.3, 0.4) is 0 Å². The van der Waals surface area contributed by atoms with E-state index in [1.54, 1.807) is 0 Å². The molecule has 0 atom stereocenters. The zero-order valence-corrected chi connectivity index (χ0v) is 17.8. The van der Waals surface area contributed by atoms with Gasteiger partial charge in [-0.15, -0.1) is 0 Å². The summed E-state index contributed by atoms with van der Waals surface area (Å²) in [6.07, 6.45) is -11.6. The molecular weight excluding hydrogens is 483 g/mol. The third kappa shape index (κ3) is 5.02. The summed E-state index contributed by atoms with van der Waals surface area (Å²) in [5.74, 6) is -2.75. The van der Waals surface area contributed by atoms with Crippen LogP contribution in [0.15, 0.2) is 39.6 Å². The van der Waals surface area contributed by atoms with Crippen molar-refractivity contribution in [2.45, 2.75) is 60.9 Å². The first-order chi connectivity index (χ1) is 15.0. The molecular formula is C20H18F7NO4S. The van der Waals surface area contributed by atoms with Crippen LogP contribution < -0.4 is 5.32 Å². The Morgan fingerprint density at radius 3 is 2.21 bits per heavy atom. The minimum Gasteiger partial charge on any atom is -0.456 e. The minimum atomic E-state index is -4.92. The van der Waals surface area contributed by atoms with Gasteiger partial charge in [0.05, 0.1) is 16.0 Å². The van der Waals surface area contributed by atoms with Gasteiger partial charge in [0, 0.05) is 6.04 Å². The molecule has 0 unspecified atom stereocenters. The van der Waals surface area contributed by atoms with Crippen LogP contribution in [0.2, 0.25) is 0 Å². The molecule has 1 fully saturated rings.